The lowest BCUT2D eigenvalue weighted by Crippen LogP contribution is -2.40. The molecule has 1 aromatic heterocycles. The summed E-state index contributed by atoms with van der Waals surface area (Å²) in [6, 6.07) is 7.91. The van der Waals surface area contributed by atoms with Crippen LogP contribution >= 0.6 is 23.2 Å². The van der Waals surface area contributed by atoms with Crippen LogP contribution in [0.3, 0.4) is 0 Å². The van der Waals surface area contributed by atoms with Gasteiger partial charge in [0.25, 0.3) is 5.91 Å². The lowest BCUT2D eigenvalue weighted by Gasteiger charge is -2.17. The maximum atomic E-state index is 12.4. The predicted octanol–water partition coefficient (Wildman–Crippen LogP) is 5.29. The van der Waals surface area contributed by atoms with Crippen molar-refractivity contribution in [2.45, 2.75) is 51.0 Å². The van der Waals surface area contributed by atoms with Crippen LogP contribution in [0.4, 0.5) is 5.82 Å². The van der Waals surface area contributed by atoms with E-state index in [-0.39, 0.29) is 22.0 Å². The van der Waals surface area contributed by atoms with E-state index in [2.05, 4.69) is 22.8 Å². The molecule has 6 nitrogen and oxygen atoms in total. The number of fused-ring (bicyclic) bond motifs is 1. The number of unbranched alkanes of at least 4 members (excludes halogenated alkanes) is 2. The molecule has 1 aromatic carbocycles. The van der Waals surface area contributed by atoms with Crippen molar-refractivity contribution >= 4 is 40.9 Å². The SMILES string of the molecule is O=C(NC(C/C=C/CCCCc1ccc2c(n1)NCCC2)C(=O)O)c1c(Cl)cccc1Cl. The highest BCUT2D eigenvalue weighted by Crippen LogP contribution is 2.24. The highest BCUT2D eigenvalue weighted by atomic mass is 35.5. The fourth-order valence-electron chi connectivity index (χ4n) is 3.59. The van der Waals surface area contributed by atoms with Crippen LogP contribution in [0.25, 0.3) is 0 Å². The van der Waals surface area contributed by atoms with Crippen LogP contribution in [0.15, 0.2) is 42.5 Å². The number of pyridine rings is 1. The number of aryl methyl sites for hydroxylation is 2. The molecule has 0 saturated carbocycles. The van der Waals surface area contributed by atoms with E-state index in [1.165, 1.54) is 17.7 Å². The van der Waals surface area contributed by atoms with Crippen molar-refractivity contribution in [3.63, 3.8) is 0 Å². The normalized spacial score (nSPS) is 13.9. The van der Waals surface area contributed by atoms with Gasteiger partial charge in [-0.1, -0.05) is 47.5 Å². The fraction of sp³-hybridized carbons (Fsp3) is 0.375. The number of amides is 1. The van der Waals surface area contributed by atoms with E-state index in [1.54, 1.807) is 12.1 Å². The number of carbonyl (C=O) groups is 2. The third-order valence-electron chi connectivity index (χ3n) is 5.34. The Bertz CT molecular complexity index is 974. The van der Waals surface area contributed by atoms with Crippen molar-refractivity contribution < 1.29 is 14.7 Å². The van der Waals surface area contributed by atoms with Crippen LogP contribution in [0, 0.1) is 0 Å². The molecule has 1 atom stereocenters. The Morgan fingerprint density at radius 3 is 2.69 bits per heavy atom. The number of carbonyl (C=O) groups excluding carboxylic acids is 1. The summed E-state index contributed by atoms with van der Waals surface area (Å²) in [6.45, 7) is 0.984. The van der Waals surface area contributed by atoms with Gasteiger partial charge in [0, 0.05) is 12.2 Å². The summed E-state index contributed by atoms with van der Waals surface area (Å²) in [7, 11) is 0. The average molecular weight is 476 g/mol. The van der Waals surface area contributed by atoms with Crippen molar-refractivity contribution in [2.75, 3.05) is 11.9 Å². The van der Waals surface area contributed by atoms with Gasteiger partial charge in [0.2, 0.25) is 0 Å². The molecule has 0 spiro atoms. The van der Waals surface area contributed by atoms with Crippen molar-refractivity contribution in [1.82, 2.24) is 10.3 Å². The number of aliphatic carboxylic acids is 1. The number of allylic oxidation sites excluding steroid dienone is 1. The van der Waals surface area contributed by atoms with E-state index in [9.17, 15) is 14.7 Å². The van der Waals surface area contributed by atoms with Gasteiger partial charge in [0.1, 0.15) is 11.9 Å². The number of hydrogen-bond donors (Lipinski definition) is 3. The summed E-state index contributed by atoms with van der Waals surface area (Å²) >= 11 is 12.1. The number of benzene rings is 1. The number of rotatable bonds is 10. The molecule has 1 amide bonds. The molecule has 2 heterocycles. The van der Waals surface area contributed by atoms with Gasteiger partial charge in [0.05, 0.1) is 15.6 Å². The van der Waals surface area contributed by atoms with Gasteiger partial charge < -0.3 is 15.7 Å². The molecule has 170 valence electrons. The van der Waals surface area contributed by atoms with E-state index in [4.69, 9.17) is 28.2 Å². The van der Waals surface area contributed by atoms with Crippen molar-refractivity contribution in [3.8, 4) is 0 Å². The first-order valence-corrected chi connectivity index (χ1v) is 11.6. The number of nitrogens with one attached hydrogen (secondary N) is 2. The van der Waals surface area contributed by atoms with E-state index < -0.39 is 17.9 Å². The fourth-order valence-corrected chi connectivity index (χ4v) is 4.16. The molecule has 3 N–H and O–H groups in total. The maximum absolute atomic E-state index is 12.4. The first-order valence-electron chi connectivity index (χ1n) is 10.8. The van der Waals surface area contributed by atoms with Gasteiger partial charge in [-0.15, -0.1) is 0 Å². The smallest absolute Gasteiger partial charge is 0.326 e. The molecule has 0 fully saturated rings. The molecule has 2 aromatic rings. The molecule has 1 unspecified atom stereocenters. The van der Waals surface area contributed by atoms with Gasteiger partial charge in [0.15, 0.2) is 0 Å². The predicted molar refractivity (Wildman–Crippen MR) is 128 cm³/mol. The molecular formula is C24H27Cl2N3O3. The van der Waals surface area contributed by atoms with Crippen LogP contribution in [0.1, 0.15) is 53.7 Å². The van der Waals surface area contributed by atoms with Gasteiger partial charge in [-0.25, -0.2) is 9.78 Å². The molecule has 0 radical (unpaired) electrons. The minimum absolute atomic E-state index is 0.0806. The Kier molecular flexibility index (Phi) is 8.94. The monoisotopic (exact) mass is 475 g/mol. The van der Waals surface area contributed by atoms with E-state index in [0.717, 1.165) is 56.6 Å². The highest BCUT2D eigenvalue weighted by Gasteiger charge is 2.22. The van der Waals surface area contributed by atoms with E-state index >= 15 is 0 Å². The molecular weight excluding hydrogens is 449 g/mol. The number of carboxylic acids is 1. The van der Waals surface area contributed by atoms with Crippen LogP contribution in [0.2, 0.25) is 10.0 Å². The minimum Gasteiger partial charge on any atom is -0.480 e. The molecule has 3 rings (SSSR count). The van der Waals surface area contributed by atoms with E-state index in [1.807, 2.05) is 6.08 Å². The average Bonchev–Trinajstić information content (AvgIpc) is 2.77. The topological polar surface area (TPSA) is 91.3 Å². The second-order valence-corrected chi connectivity index (χ2v) is 8.57. The molecule has 1 aliphatic rings. The van der Waals surface area contributed by atoms with Crippen molar-refractivity contribution in [1.29, 1.82) is 0 Å². The standard InChI is InChI=1S/C24H27Cl2N3O3/c25-18-10-6-11-19(26)21(18)23(30)29-20(24(31)32)12-5-3-1-2-4-9-17-14-13-16-8-7-15-27-22(16)28-17/h3,5-6,10-11,13-14,20H,1-2,4,7-9,12,15H2,(H,27,28)(H,29,30)(H,31,32)/b5-3+. The molecule has 1 aliphatic heterocycles. The third-order valence-corrected chi connectivity index (χ3v) is 5.97. The lowest BCUT2D eigenvalue weighted by molar-refractivity contribution is -0.139. The summed E-state index contributed by atoms with van der Waals surface area (Å²) in [4.78, 5) is 28.7. The molecule has 0 aliphatic carbocycles. The molecule has 0 bridgehead atoms. The summed E-state index contributed by atoms with van der Waals surface area (Å²) in [5, 5.41) is 15.6. The van der Waals surface area contributed by atoms with Gasteiger partial charge in [-0.05, 0) is 68.7 Å². The number of nitrogens with zero attached hydrogens (tertiary/aromatic N) is 1. The highest BCUT2D eigenvalue weighted by molar-refractivity contribution is 6.39. The Morgan fingerprint density at radius 2 is 1.94 bits per heavy atom. The largest absolute Gasteiger partial charge is 0.480 e. The number of hydrogen-bond acceptors (Lipinski definition) is 4. The zero-order valence-corrected chi connectivity index (χ0v) is 19.3. The Labute approximate surface area is 198 Å². The van der Waals surface area contributed by atoms with Crippen LogP contribution in [-0.2, 0) is 17.6 Å². The Balaban J connectivity index is 1.41. The second-order valence-electron chi connectivity index (χ2n) is 7.75. The Morgan fingerprint density at radius 1 is 1.16 bits per heavy atom. The number of halogens is 2. The van der Waals surface area contributed by atoms with Crippen molar-refractivity contribution in [3.05, 3.63) is 69.3 Å². The number of anilines is 1. The first-order chi connectivity index (χ1) is 15.5. The van der Waals surface area contributed by atoms with Crippen LogP contribution in [0.5, 0.6) is 0 Å². The Hall–Kier alpha value is -2.57. The third kappa shape index (κ3) is 6.71. The first kappa shape index (κ1) is 24.1. The van der Waals surface area contributed by atoms with Gasteiger partial charge in [-0.2, -0.15) is 0 Å². The molecule has 8 heteroatoms. The maximum Gasteiger partial charge on any atom is 0.326 e. The zero-order valence-electron chi connectivity index (χ0n) is 17.7. The summed E-state index contributed by atoms with van der Waals surface area (Å²) < 4.78 is 0. The summed E-state index contributed by atoms with van der Waals surface area (Å²) in [5.74, 6) is -0.694. The van der Waals surface area contributed by atoms with E-state index in [0.29, 0.717) is 0 Å². The van der Waals surface area contributed by atoms with Gasteiger partial charge >= 0.3 is 5.97 Å². The number of carboxylic acid groups (broad SMARTS) is 1. The zero-order chi connectivity index (χ0) is 22.9. The van der Waals surface area contributed by atoms with Crippen LogP contribution in [-0.4, -0.2) is 34.6 Å². The van der Waals surface area contributed by atoms with Gasteiger partial charge in [-0.3, -0.25) is 4.79 Å². The lowest BCUT2D eigenvalue weighted by atomic mass is 10.1. The van der Waals surface area contributed by atoms with Crippen molar-refractivity contribution in [2.24, 2.45) is 0 Å². The minimum atomic E-state index is -1.11. The summed E-state index contributed by atoms with van der Waals surface area (Å²) in [6.07, 6.45) is 9.88. The molecule has 0 saturated heterocycles. The molecule has 32 heavy (non-hydrogen) atoms. The second kappa shape index (κ2) is 11.9. The quantitative estimate of drug-likeness (QED) is 0.320. The number of aromatic nitrogens is 1. The van der Waals surface area contributed by atoms with Crippen LogP contribution < -0.4 is 10.6 Å². The summed E-state index contributed by atoms with van der Waals surface area (Å²) in [5.41, 5.74) is 2.46.